The SMILES string of the molecule is C=CCNCc1ccn(CC)c1. The maximum atomic E-state index is 3.65. The van der Waals surface area contributed by atoms with Gasteiger partial charge in [0.15, 0.2) is 0 Å². The van der Waals surface area contributed by atoms with Crippen LogP contribution in [0.15, 0.2) is 31.1 Å². The second kappa shape index (κ2) is 4.78. The minimum atomic E-state index is 0.872. The minimum absolute atomic E-state index is 0.872. The smallest absolute Gasteiger partial charge is 0.0223 e. The summed E-state index contributed by atoms with van der Waals surface area (Å²) in [4.78, 5) is 0. The van der Waals surface area contributed by atoms with E-state index in [0.29, 0.717) is 0 Å². The number of aromatic nitrogens is 1. The molecule has 0 saturated heterocycles. The first-order chi connectivity index (χ1) is 5.86. The summed E-state index contributed by atoms with van der Waals surface area (Å²) in [7, 11) is 0. The van der Waals surface area contributed by atoms with Gasteiger partial charge < -0.3 is 9.88 Å². The van der Waals surface area contributed by atoms with Crippen molar-refractivity contribution in [2.24, 2.45) is 0 Å². The van der Waals surface area contributed by atoms with Gasteiger partial charge in [-0.2, -0.15) is 0 Å². The van der Waals surface area contributed by atoms with Crippen LogP contribution in [-0.4, -0.2) is 11.1 Å². The number of hydrogen-bond donors (Lipinski definition) is 1. The molecule has 66 valence electrons. The van der Waals surface area contributed by atoms with E-state index in [9.17, 15) is 0 Å². The number of hydrogen-bond acceptors (Lipinski definition) is 1. The molecule has 1 heterocycles. The molecule has 0 radical (unpaired) electrons. The molecule has 2 heteroatoms. The van der Waals surface area contributed by atoms with Crippen LogP contribution >= 0.6 is 0 Å². The predicted octanol–water partition coefficient (Wildman–Crippen LogP) is 1.78. The van der Waals surface area contributed by atoms with Crippen LogP contribution in [0.5, 0.6) is 0 Å². The van der Waals surface area contributed by atoms with Crippen LogP contribution in [0.2, 0.25) is 0 Å². The molecule has 1 aromatic rings. The van der Waals surface area contributed by atoms with Crippen molar-refractivity contribution >= 4 is 0 Å². The van der Waals surface area contributed by atoms with Gasteiger partial charge >= 0.3 is 0 Å². The molecular weight excluding hydrogens is 148 g/mol. The van der Waals surface area contributed by atoms with E-state index >= 15 is 0 Å². The van der Waals surface area contributed by atoms with Gasteiger partial charge in [0.25, 0.3) is 0 Å². The molecule has 0 bridgehead atoms. The maximum Gasteiger partial charge on any atom is 0.0223 e. The normalized spacial score (nSPS) is 10.1. The van der Waals surface area contributed by atoms with E-state index in [4.69, 9.17) is 0 Å². The summed E-state index contributed by atoms with van der Waals surface area (Å²) in [6.07, 6.45) is 6.14. The predicted molar refractivity (Wildman–Crippen MR) is 52.0 cm³/mol. The molecule has 0 aromatic carbocycles. The van der Waals surface area contributed by atoms with Gasteiger partial charge in [0.2, 0.25) is 0 Å². The van der Waals surface area contributed by atoms with Gasteiger partial charge in [0.1, 0.15) is 0 Å². The van der Waals surface area contributed by atoms with Gasteiger partial charge in [0.05, 0.1) is 0 Å². The highest BCUT2D eigenvalue weighted by Crippen LogP contribution is 1.99. The quantitative estimate of drug-likeness (QED) is 0.518. The summed E-state index contributed by atoms with van der Waals surface area (Å²) in [6.45, 7) is 8.63. The Balaban J connectivity index is 2.36. The Hall–Kier alpha value is -1.02. The summed E-state index contributed by atoms with van der Waals surface area (Å²) in [6, 6.07) is 2.14. The van der Waals surface area contributed by atoms with Crippen molar-refractivity contribution < 1.29 is 0 Å². The van der Waals surface area contributed by atoms with Crippen LogP contribution < -0.4 is 5.32 Å². The van der Waals surface area contributed by atoms with E-state index in [-0.39, 0.29) is 0 Å². The zero-order chi connectivity index (χ0) is 8.81. The monoisotopic (exact) mass is 164 g/mol. The zero-order valence-electron chi connectivity index (χ0n) is 7.59. The van der Waals surface area contributed by atoms with Crippen LogP contribution in [0, 0.1) is 0 Å². The lowest BCUT2D eigenvalue weighted by atomic mass is 10.3. The van der Waals surface area contributed by atoms with E-state index in [1.807, 2.05) is 6.08 Å². The molecular formula is C10H16N2. The van der Waals surface area contributed by atoms with E-state index < -0.39 is 0 Å². The molecule has 2 nitrogen and oxygen atoms in total. The first kappa shape index (κ1) is 9.07. The molecule has 0 amide bonds. The molecule has 0 aliphatic heterocycles. The fourth-order valence-electron chi connectivity index (χ4n) is 1.11. The zero-order valence-corrected chi connectivity index (χ0v) is 7.59. The first-order valence-electron chi connectivity index (χ1n) is 4.33. The van der Waals surface area contributed by atoms with Crippen LogP contribution in [-0.2, 0) is 13.1 Å². The summed E-state index contributed by atoms with van der Waals surface area (Å²) < 4.78 is 2.17. The molecule has 0 aliphatic carbocycles. The number of rotatable bonds is 5. The Morgan fingerprint density at radius 1 is 1.67 bits per heavy atom. The average molecular weight is 164 g/mol. The number of nitrogens with one attached hydrogen (secondary N) is 1. The fourth-order valence-corrected chi connectivity index (χ4v) is 1.11. The summed E-state index contributed by atoms with van der Waals surface area (Å²) in [5, 5.41) is 3.26. The summed E-state index contributed by atoms with van der Waals surface area (Å²) in [5.74, 6) is 0. The maximum absolute atomic E-state index is 3.65. The van der Waals surface area contributed by atoms with Gasteiger partial charge in [-0.1, -0.05) is 6.08 Å². The van der Waals surface area contributed by atoms with Crippen molar-refractivity contribution in [3.05, 3.63) is 36.7 Å². The Labute approximate surface area is 73.9 Å². The number of nitrogens with zero attached hydrogens (tertiary/aromatic N) is 1. The van der Waals surface area contributed by atoms with E-state index in [0.717, 1.165) is 19.6 Å². The Kier molecular flexibility index (Phi) is 3.61. The van der Waals surface area contributed by atoms with Gasteiger partial charge in [0, 0.05) is 32.0 Å². The van der Waals surface area contributed by atoms with Crippen LogP contribution in [0.4, 0.5) is 0 Å². The summed E-state index contributed by atoms with van der Waals surface area (Å²) in [5.41, 5.74) is 1.33. The average Bonchev–Trinajstić information content (AvgIpc) is 2.53. The molecule has 0 fully saturated rings. The molecule has 0 spiro atoms. The fraction of sp³-hybridized carbons (Fsp3) is 0.400. The third-order valence-corrected chi connectivity index (χ3v) is 1.79. The van der Waals surface area contributed by atoms with E-state index in [2.05, 4.69) is 41.8 Å². The summed E-state index contributed by atoms with van der Waals surface area (Å²) >= 11 is 0. The molecule has 1 aromatic heterocycles. The van der Waals surface area contributed by atoms with Gasteiger partial charge in [-0.05, 0) is 18.6 Å². The Bertz CT molecular complexity index is 238. The van der Waals surface area contributed by atoms with Crippen molar-refractivity contribution in [1.82, 2.24) is 9.88 Å². The van der Waals surface area contributed by atoms with Crippen molar-refractivity contribution in [3.63, 3.8) is 0 Å². The topological polar surface area (TPSA) is 17.0 Å². The lowest BCUT2D eigenvalue weighted by Gasteiger charge is -1.97. The molecule has 0 saturated carbocycles. The molecule has 0 unspecified atom stereocenters. The Morgan fingerprint density at radius 2 is 2.50 bits per heavy atom. The Morgan fingerprint density at radius 3 is 3.08 bits per heavy atom. The van der Waals surface area contributed by atoms with Crippen molar-refractivity contribution in [2.45, 2.75) is 20.0 Å². The lowest BCUT2D eigenvalue weighted by molar-refractivity contribution is 0.739. The van der Waals surface area contributed by atoms with Gasteiger partial charge in [-0.15, -0.1) is 6.58 Å². The van der Waals surface area contributed by atoms with Crippen molar-refractivity contribution in [3.8, 4) is 0 Å². The molecule has 0 atom stereocenters. The minimum Gasteiger partial charge on any atom is -0.354 e. The van der Waals surface area contributed by atoms with Gasteiger partial charge in [-0.25, -0.2) is 0 Å². The second-order valence-electron chi connectivity index (χ2n) is 2.77. The van der Waals surface area contributed by atoms with E-state index in [1.165, 1.54) is 5.56 Å². The van der Waals surface area contributed by atoms with Crippen molar-refractivity contribution in [1.29, 1.82) is 0 Å². The van der Waals surface area contributed by atoms with Crippen LogP contribution in [0.3, 0.4) is 0 Å². The van der Waals surface area contributed by atoms with E-state index in [1.54, 1.807) is 0 Å². The van der Waals surface area contributed by atoms with Crippen molar-refractivity contribution in [2.75, 3.05) is 6.54 Å². The molecule has 0 aliphatic rings. The van der Waals surface area contributed by atoms with Crippen LogP contribution in [0.1, 0.15) is 12.5 Å². The third kappa shape index (κ3) is 2.55. The molecule has 1 N–H and O–H groups in total. The lowest BCUT2D eigenvalue weighted by Crippen LogP contribution is -2.11. The largest absolute Gasteiger partial charge is 0.354 e. The highest BCUT2D eigenvalue weighted by molar-refractivity contribution is 5.09. The highest BCUT2D eigenvalue weighted by atomic mass is 14.9. The first-order valence-corrected chi connectivity index (χ1v) is 4.33. The molecule has 1 rings (SSSR count). The van der Waals surface area contributed by atoms with Crippen LogP contribution in [0.25, 0.3) is 0 Å². The standard InChI is InChI=1S/C10H16N2/c1-3-6-11-8-10-5-7-12(4-2)9-10/h3,5,7,9,11H,1,4,6,8H2,2H3. The second-order valence-corrected chi connectivity index (χ2v) is 2.77. The third-order valence-electron chi connectivity index (χ3n) is 1.79. The molecule has 12 heavy (non-hydrogen) atoms. The van der Waals surface area contributed by atoms with Gasteiger partial charge in [-0.3, -0.25) is 0 Å². The highest BCUT2D eigenvalue weighted by Gasteiger charge is 1.93. The number of aryl methyl sites for hydroxylation is 1.